The summed E-state index contributed by atoms with van der Waals surface area (Å²) in [6.45, 7) is 3.69. The highest BCUT2D eigenvalue weighted by atomic mass is 16.5. The Morgan fingerprint density at radius 2 is 2.26 bits per heavy atom. The summed E-state index contributed by atoms with van der Waals surface area (Å²) in [6, 6.07) is 1.76. The van der Waals surface area contributed by atoms with Crippen molar-refractivity contribution in [3.05, 3.63) is 18.6 Å². The molecule has 104 valence electrons. The maximum absolute atomic E-state index is 11.9. The van der Waals surface area contributed by atoms with Gasteiger partial charge in [0.1, 0.15) is 12.4 Å². The molecule has 0 radical (unpaired) electrons. The van der Waals surface area contributed by atoms with Crippen LogP contribution in [0.4, 0.5) is 0 Å². The summed E-state index contributed by atoms with van der Waals surface area (Å²) in [6.07, 6.45) is 7.79. The number of hydrogen-bond acceptors (Lipinski definition) is 4. The molecule has 0 atom stereocenters. The first-order valence-corrected chi connectivity index (χ1v) is 7.00. The quantitative estimate of drug-likeness (QED) is 0.815. The number of aromatic nitrogens is 2. The molecule has 2 heterocycles. The Hall–Kier alpha value is -1.65. The third-order valence-electron chi connectivity index (χ3n) is 3.38. The molecule has 5 nitrogen and oxygen atoms in total. The van der Waals surface area contributed by atoms with E-state index in [0.29, 0.717) is 12.3 Å². The van der Waals surface area contributed by atoms with Gasteiger partial charge in [0.25, 0.3) is 0 Å². The van der Waals surface area contributed by atoms with Crippen molar-refractivity contribution in [2.24, 2.45) is 0 Å². The van der Waals surface area contributed by atoms with Gasteiger partial charge >= 0.3 is 0 Å². The Morgan fingerprint density at radius 1 is 1.47 bits per heavy atom. The zero-order chi connectivity index (χ0) is 13.5. The van der Waals surface area contributed by atoms with Gasteiger partial charge in [0, 0.05) is 44.6 Å². The van der Waals surface area contributed by atoms with Crippen LogP contribution in [0.1, 0.15) is 39.0 Å². The van der Waals surface area contributed by atoms with Crippen LogP contribution in [0.2, 0.25) is 0 Å². The molecule has 1 aliphatic rings. The molecule has 0 saturated carbocycles. The Labute approximate surface area is 114 Å². The zero-order valence-corrected chi connectivity index (χ0v) is 11.4. The van der Waals surface area contributed by atoms with E-state index >= 15 is 0 Å². The van der Waals surface area contributed by atoms with E-state index in [2.05, 4.69) is 16.9 Å². The summed E-state index contributed by atoms with van der Waals surface area (Å²) < 4.78 is 5.78. The van der Waals surface area contributed by atoms with Crippen LogP contribution < -0.4 is 4.74 Å². The van der Waals surface area contributed by atoms with Gasteiger partial charge in [-0.25, -0.2) is 9.97 Å². The molecular weight excluding hydrogens is 242 g/mol. The highest BCUT2D eigenvalue weighted by Gasteiger charge is 2.23. The van der Waals surface area contributed by atoms with Crippen LogP contribution in [0.3, 0.4) is 0 Å². The van der Waals surface area contributed by atoms with Crippen LogP contribution in [0, 0.1) is 0 Å². The monoisotopic (exact) mass is 263 g/mol. The first-order valence-electron chi connectivity index (χ1n) is 7.00. The lowest BCUT2D eigenvalue weighted by molar-refractivity contribution is -0.133. The highest BCUT2D eigenvalue weighted by Crippen LogP contribution is 2.17. The number of ether oxygens (including phenoxy) is 1. The summed E-state index contributed by atoms with van der Waals surface area (Å²) in [5.74, 6) is 0.896. The Balaban J connectivity index is 1.75. The second-order valence-corrected chi connectivity index (χ2v) is 4.85. The average Bonchev–Trinajstić information content (AvgIpc) is 2.46. The van der Waals surface area contributed by atoms with Crippen LogP contribution in [-0.4, -0.2) is 40.0 Å². The lowest BCUT2D eigenvalue weighted by atomic mass is 10.1. The van der Waals surface area contributed by atoms with E-state index in [1.807, 2.05) is 4.90 Å². The number of carbonyl (C=O) groups is 1. The van der Waals surface area contributed by atoms with Gasteiger partial charge in [0.15, 0.2) is 0 Å². The van der Waals surface area contributed by atoms with Crippen molar-refractivity contribution in [1.82, 2.24) is 14.9 Å². The Kier molecular flexibility index (Phi) is 5.12. The van der Waals surface area contributed by atoms with Gasteiger partial charge in [-0.15, -0.1) is 0 Å². The van der Waals surface area contributed by atoms with E-state index in [4.69, 9.17) is 4.74 Å². The smallest absolute Gasteiger partial charge is 0.222 e. The zero-order valence-electron chi connectivity index (χ0n) is 11.4. The van der Waals surface area contributed by atoms with Crippen molar-refractivity contribution in [2.45, 2.75) is 45.1 Å². The van der Waals surface area contributed by atoms with Crippen LogP contribution >= 0.6 is 0 Å². The van der Waals surface area contributed by atoms with Gasteiger partial charge in [-0.3, -0.25) is 4.79 Å². The number of nitrogens with zero attached hydrogens (tertiary/aromatic N) is 3. The van der Waals surface area contributed by atoms with E-state index in [9.17, 15) is 4.79 Å². The van der Waals surface area contributed by atoms with Crippen LogP contribution in [0.25, 0.3) is 0 Å². The third kappa shape index (κ3) is 4.19. The molecule has 0 aromatic carbocycles. The van der Waals surface area contributed by atoms with E-state index < -0.39 is 0 Å². The number of carbonyl (C=O) groups excluding carboxylic acids is 1. The minimum atomic E-state index is 0.158. The first-order chi connectivity index (χ1) is 9.29. The third-order valence-corrected chi connectivity index (χ3v) is 3.38. The number of unbranched alkanes of at least 4 members (excludes halogenated alkanes) is 1. The Morgan fingerprint density at radius 3 is 2.89 bits per heavy atom. The van der Waals surface area contributed by atoms with E-state index in [1.54, 1.807) is 12.3 Å². The standard InChI is InChI=1S/C14H21N3O2/c1-2-3-4-14(18)17-9-6-12(7-10-17)19-13-5-8-15-11-16-13/h5,8,11-12H,2-4,6-7,9-10H2,1H3. The van der Waals surface area contributed by atoms with Crippen molar-refractivity contribution in [2.75, 3.05) is 13.1 Å². The molecule has 1 aromatic rings. The molecule has 0 N–H and O–H groups in total. The molecule has 1 amide bonds. The van der Waals surface area contributed by atoms with Gasteiger partial charge in [-0.1, -0.05) is 13.3 Å². The van der Waals surface area contributed by atoms with Crippen molar-refractivity contribution in [1.29, 1.82) is 0 Å². The molecule has 19 heavy (non-hydrogen) atoms. The number of amides is 1. The maximum atomic E-state index is 11.9. The van der Waals surface area contributed by atoms with Crippen molar-refractivity contribution in [3.63, 3.8) is 0 Å². The minimum Gasteiger partial charge on any atom is -0.474 e. The molecule has 0 spiro atoms. The molecule has 1 fully saturated rings. The second kappa shape index (κ2) is 7.07. The summed E-state index contributed by atoms with van der Waals surface area (Å²) in [5.41, 5.74) is 0. The topological polar surface area (TPSA) is 55.3 Å². The molecule has 5 heteroatoms. The van der Waals surface area contributed by atoms with Gasteiger partial charge < -0.3 is 9.64 Å². The predicted octanol–water partition coefficient (Wildman–Crippen LogP) is 2.04. The number of piperidine rings is 1. The molecule has 0 aliphatic carbocycles. The number of hydrogen-bond donors (Lipinski definition) is 0. The number of likely N-dealkylation sites (tertiary alicyclic amines) is 1. The largest absolute Gasteiger partial charge is 0.474 e. The lowest BCUT2D eigenvalue weighted by Crippen LogP contribution is -2.41. The molecule has 2 rings (SSSR count). The van der Waals surface area contributed by atoms with Crippen LogP contribution in [-0.2, 0) is 4.79 Å². The van der Waals surface area contributed by atoms with E-state index in [-0.39, 0.29) is 12.0 Å². The first kappa shape index (κ1) is 13.8. The van der Waals surface area contributed by atoms with Gasteiger partial charge in [-0.05, 0) is 6.42 Å². The van der Waals surface area contributed by atoms with Crippen LogP contribution in [0.15, 0.2) is 18.6 Å². The Bertz CT molecular complexity index is 389. The molecule has 0 bridgehead atoms. The lowest BCUT2D eigenvalue weighted by Gasteiger charge is -2.32. The number of rotatable bonds is 5. The molecule has 1 aliphatic heterocycles. The maximum Gasteiger partial charge on any atom is 0.222 e. The molecule has 0 unspecified atom stereocenters. The molecular formula is C14H21N3O2. The fourth-order valence-corrected chi connectivity index (χ4v) is 2.23. The SMILES string of the molecule is CCCCC(=O)N1CCC(Oc2ccncn2)CC1. The van der Waals surface area contributed by atoms with Gasteiger partial charge in [0.05, 0.1) is 0 Å². The van der Waals surface area contributed by atoms with E-state index in [1.165, 1.54) is 6.33 Å². The second-order valence-electron chi connectivity index (χ2n) is 4.85. The fraction of sp³-hybridized carbons (Fsp3) is 0.643. The van der Waals surface area contributed by atoms with Crippen LogP contribution in [0.5, 0.6) is 5.88 Å². The fourth-order valence-electron chi connectivity index (χ4n) is 2.23. The minimum absolute atomic E-state index is 0.158. The van der Waals surface area contributed by atoms with Crippen molar-refractivity contribution in [3.8, 4) is 5.88 Å². The normalized spacial score (nSPS) is 16.4. The van der Waals surface area contributed by atoms with Gasteiger partial charge in [0.2, 0.25) is 11.8 Å². The van der Waals surface area contributed by atoms with Gasteiger partial charge in [-0.2, -0.15) is 0 Å². The summed E-state index contributed by atoms with van der Waals surface area (Å²) in [5, 5.41) is 0. The van der Waals surface area contributed by atoms with Crippen molar-refractivity contribution < 1.29 is 9.53 Å². The summed E-state index contributed by atoms with van der Waals surface area (Å²) >= 11 is 0. The predicted molar refractivity (Wildman–Crippen MR) is 71.8 cm³/mol. The summed E-state index contributed by atoms with van der Waals surface area (Å²) in [4.78, 5) is 21.8. The average molecular weight is 263 g/mol. The highest BCUT2D eigenvalue weighted by molar-refractivity contribution is 5.76. The molecule has 1 saturated heterocycles. The summed E-state index contributed by atoms with van der Waals surface area (Å²) in [7, 11) is 0. The van der Waals surface area contributed by atoms with E-state index in [0.717, 1.165) is 38.8 Å². The molecule has 1 aromatic heterocycles. The van der Waals surface area contributed by atoms with Crippen molar-refractivity contribution >= 4 is 5.91 Å².